The van der Waals surface area contributed by atoms with Crippen LogP contribution in [-0.4, -0.2) is 28.8 Å². The molecular weight excluding hydrogens is 310 g/mol. The van der Waals surface area contributed by atoms with Gasteiger partial charge >= 0.3 is 0 Å². The van der Waals surface area contributed by atoms with Crippen molar-refractivity contribution in [3.8, 4) is 0 Å². The Morgan fingerprint density at radius 2 is 2.39 bits per heavy atom. The molecule has 1 aliphatic heterocycles. The predicted molar refractivity (Wildman–Crippen MR) is 92.9 cm³/mol. The van der Waals surface area contributed by atoms with Crippen molar-refractivity contribution in [3.63, 3.8) is 0 Å². The minimum absolute atomic E-state index is 0.333. The summed E-state index contributed by atoms with van der Waals surface area (Å²) in [6, 6.07) is 2.60. The molecule has 7 heteroatoms. The molecule has 4 N–H and O–H groups in total. The van der Waals surface area contributed by atoms with Crippen LogP contribution in [0.5, 0.6) is 0 Å². The SMILES string of the molecule is Cc1cc(C(C)NCC2CNc3c(C(N)=O)cnn3C2)c(C)s1. The van der Waals surface area contributed by atoms with Crippen LogP contribution in [0.25, 0.3) is 0 Å². The van der Waals surface area contributed by atoms with Crippen LogP contribution in [0.3, 0.4) is 0 Å². The van der Waals surface area contributed by atoms with Crippen LogP contribution >= 0.6 is 11.3 Å². The number of fused-ring (bicyclic) bond motifs is 1. The van der Waals surface area contributed by atoms with Crippen molar-refractivity contribution in [2.45, 2.75) is 33.4 Å². The number of carbonyl (C=O) groups excluding carboxylic acids is 1. The Morgan fingerprint density at radius 3 is 3.04 bits per heavy atom. The highest BCUT2D eigenvalue weighted by molar-refractivity contribution is 7.12. The Hall–Kier alpha value is -1.86. The number of nitrogens with zero attached hydrogens (tertiary/aromatic N) is 2. The molecule has 2 unspecified atom stereocenters. The summed E-state index contributed by atoms with van der Waals surface area (Å²) in [7, 11) is 0. The van der Waals surface area contributed by atoms with Crippen molar-refractivity contribution in [3.05, 3.63) is 33.1 Å². The first-order valence-electron chi connectivity index (χ1n) is 7.85. The lowest BCUT2D eigenvalue weighted by molar-refractivity contribution is 0.100. The first-order chi connectivity index (χ1) is 11.0. The number of rotatable bonds is 5. The molecule has 1 amide bonds. The molecule has 3 rings (SSSR count). The number of aryl methyl sites for hydroxylation is 2. The standard InChI is InChI=1S/C16H23N5OS/c1-9-4-13(11(3)23-9)10(2)18-5-12-6-19-16-14(15(17)22)7-20-21(16)8-12/h4,7,10,12,18-19H,5-6,8H2,1-3H3,(H2,17,22). The first kappa shape index (κ1) is 16.0. The molecule has 0 radical (unpaired) electrons. The average molecular weight is 333 g/mol. The van der Waals surface area contributed by atoms with Crippen molar-refractivity contribution >= 4 is 23.1 Å². The summed E-state index contributed by atoms with van der Waals surface area (Å²) in [4.78, 5) is 14.1. The largest absolute Gasteiger partial charge is 0.369 e. The van der Waals surface area contributed by atoms with E-state index in [1.807, 2.05) is 16.0 Å². The summed E-state index contributed by atoms with van der Waals surface area (Å²) in [5.74, 6) is 0.726. The van der Waals surface area contributed by atoms with Gasteiger partial charge in [0.1, 0.15) is 11.4 Å². The van der Waals surface area contributed by atoms with E-state index < -0.39 is 5.91 Å². The van der Waals surface area contributed by atoms with Crippen LogP contribution in [0.2, 0.25) is 0 Å². The van der Waals surface area contributed by atoms with Crippen molar-refractivity contribution in [2.24, 2.45) is 11.7 Å². The van der Waals surface area contributed by atoms with Crippen molar-refractivity contribution in [1.82, 2.24) is 15.1 Å². The molecule has 0 saturated carbocycles. The van der Waals surface area contributed by atoms with Gasteiger partial charge in [0, 0.05) is 41.3 Å². The van der Waals surface area contributed by atoms with Crippen LogP contribution in [0.1, 0.15) is 38.6 Å². The fourth-order valence-corrected chi connectivity index (χ4v) is 4.13. The van der Waals surface area contributed by atoms with Crippen LogP contribution in [0.4, 0.5) is 5.82 Å². The minimum Gasteiger partial charge on any atom is -0.369 e. The molecule has 0 bridgehead atoms. The summed E-state index contributed by atoms with van der Waals surface area (Å²) < 4.78 is 1.83. The summed E-state index contributed by atoms with van der Waals surface area (Å²) >= 11 is 1.84. The zero-order chi connectivity index (χ0) is 16.6. The van der Waals surface area contributed by atoms with Gasteiger partial charge in [0.05, 0.1) is 6.20 Å². The quantitative estimate of drug-likeness (QED) is 0.782. The van der Waals surface area contributed by atoms with E-state index in [9.17, 15) is 4.79 Å². The highest BCUT2D eigenvalue weighted by Crippen LogP contribution is 2.27. The Kier molecular flexibility index (Phi) is 4.41. The van der Waals surface area contributed by atoms with E-state index in [0.717, 1.165) is 25.5 Å². The summed E-state index contributed by atoms with van der Waals surface area (Å²) in [5, 5.41) is 11.2. The van der Waals surface area contributed by atoms with Gasteiger partial charge in [-0.2, -0.15) is 5.10 Å². The normalized spacial score (nSPS) is 18.3. The molecule has 0 fully saturated rings. The number of nitrogens with one attached hydrogen (secondary N) is 2. The number of thiophene rings is 1. The highest BCUT2D eigenvalue weighted by atomic mass is 32.1. The molecule has 0 spiro atoms. The fourth-order valence-electron chi connectivity index (χ4n) is 3.11. The fraction of sp³-hybridized carbons (Fsp3) is 0.500. The average Bonchev–Trinajstić information content (AvgIpc) is 3.07. The third-order valence-electron chi connectivity index (χ3n) is 4.35. The monoisotopic (exact) mass is 333 g/mol. The van der Waals surface area contributed by atoms with Gasteiger partial charge in [-0.25, -0.2) is 4.68 Å². The highest BCUT2D eigenvalue weighted by Gasteiger charge is 2.24. The number of amides is 1. The van der Waals surface area contributed by atoms with Gasteiger partial charge in [-0.3, -0.25) is 4.79 Å². The minimum atomic E-state index is -0.438. The maximum Gasteiger partial charge on any atom is 0.254 e. The Balaban J connectivity index is 1.60. The number of anilines is 1. The lowest BCUT2D eigenvalue weighted by Crippen LogP contribution is -2.36. The van der Waals surface area contributed by atoms with Crippen LogP contribution < -0.4 is 16.4 Å². The maximum atomic E-state index is 11.3. The van der Waals surface area contributed by atoms with Gasteiger partial charge in [0.2, 0.25) is 0 Å². The van der Waals surface area contributed by atoms with E-state index in [2.05, 4.69) is 42.6 Å². The molecule has 0 aliphatic carbocycles. The van der Waals surface area contributed by atoms with Gasteiger partial charge < -0.3 is 16.4 Å². The van der Waals surface area contributed by atoms with Crippen molar-refractivity contribution in [2.75, 3.05) is 18.4 Å². The number of hydrogen-bond acceptors (Lipinski definition) is 5. The van der Waals surface area contributed by atoms with Crippen LogP contribution in [0.15, 0.2) is 12.3 Å². The lowest BCUT2D eigenvalue weighted by atomic mass is 10.1. The Bertz CT molecular complexity index is 720. The summed E-state index contributed by atoms with van der Waals surface area (Å²) in [6.45, 7) is 9.02. The number of hydrogen-bond donors (Lipinski definition) is 3. The molecule has 3 heterocycles. The molecule has 0 saturated heterocycles. The summed E-state index contributed by atoms with van der Waals surface area (Å²) in [6.07, 6.45) is 1.54. The van der Waals surface area contributed by atoms with Gasteiger partial charge in [0.15, 0.2) is 0 Å². The zero-order valence-corrected chi connectivity index (χ0v) is 14.5. The zero-order valence-electron chi connectivity index (χ0n) is 13.7. The molecule has 6 nitrogen and oxygen atoms in total. The summed E-state index contributed by atoms with van der Waals surface area (Å²) in [5.41, 5.74) is 7.20. The second kappa shape index (κ2) is 6.33. The van der Waals surface area contributed by atoms with Gasteiger partial charge in [-0.15, -0.1) is 11.3 Å². The second-order valence-corrected chi connectivity index (χ2v) is 7.66. The Labute approximate surface area is 140 Å². The maximum absolute atomic E-state index is 11.3. The van der Waals surface area contributed by atoms with E-state index in [0.29, 0.717) is 17.5 Å². The molecule has 2 atom stereocenters. The van der Waals surface area contributed by atoms with Crippen molar-refractivity contribution in [1.29, 1.82) is 0 Å². The topological polar surface area (TPSA) is 85.0 Å². The van der Waals surface area contributed by atoms with E-state index in [1.165, 1.54) is 15.3 Å². The third-order valence-corrected chi connectivity index (χ3v) is 5.33. The predicted octanol–water partition coefficient (Wildman–Crippen LogP) is 2.05. The molecule has 124 valence electrons. The smallest absolute Gasteiger partial charge is 0.254 e. The molecular formula is C16H23N5OS. The Morgan fingerprint density at radius 1 is 1.61 bits per heavy atom. The molecule has 23 heavy (non-hydrogen) atoms. The molecule has 1 aliphatic rings. The van der Waals surface area contributed by atoms with Gasteiger partial charge in [-0.05, 0) is 32.4 Å². The molecule has 2 aromatic rings. The number of nitrogens with two attached hydrogens (primary N) is 1. The second-order valence-electron chi connectivity index (χ2n) is 6.20. The van der Waals surface area contributed by atoms with E-state index in [-0.39, 0.29) is 0 Å². The lowest BCUT2D eigenvalue weighted by Gasteiger charge is -2.27. The van der Waals surface area contributed by atoms with Gasteiger partial charge in [0.25, 0.3) is 5.91 Å². The van der Waals surface area contributed by atoms with E-state index >= 15 is 0 Å². The third kappa shape index (κ3) is 3.25. The van der Waals surface area contributed by atoms with Gasteiger partial charge in [-0.1, -0.05) is 0 Å². The molecule has 0 aromatic carbocycles. The number of primary amides is 1. The van der Waals surface area contributed by atoms with Crippen molar-refractivity contribution < 1.29 is 4.79 Å². The number of aromatic nitrogens is 2. The van der Waals surface area contributed by atoms with E-state index in [4.69, 9.17) is 5.73 Å². The number of carbonyl (C=O) groups is 1. The van der Waals surface area contributed by atoms with Crippen LogP contribution in [0, 0.1) is 19.8 Å². The molecule has 2 aromatic heterocycles. The van der Waals surface area contributed by atoms with E-state index in [1.54, 1.807) is 6.20 Å². The van der Waals surface area contributed by atoms with Crippen LogP contribution in [-0.2, 0) is 6.54 Å². The first-order valence-corrected chi connectivity index (χ1v) is 8.67.